The highest BCUT2D eigenvalue weighted by Gasteiger charge is 2.12. The van der Waals surface area contributed by atoms with E-state index in [1.54, 1.807) is 12.1 Å². The van der Waals surface area contributed by atoms with Gasteiger partial charge >= 0.3 is 0 Å². The molecule has 0 bridgehead atoms. The van der Waals surface area contributed by atoms with Gasteiger partial charge in [-0.2, -0.15) is 0 Å². The van der Waals surface area contributed by atoms with Gasteiger partial charge in [0.2, 0.25) is 0 Å². The average Bonchev–Trinajstić information content (AvgIpc) is 2.41. The summed E-state index contributed by atoms with van der Waals surface area (Å²) in [5.74, 6) is -0.415. The molecule has 0 amide bonds. The minimum Gasteiger partial charge on any atom is -0.205 e. The van der Waals surface area contributed by atoms with Crippen molar-refractivity contribution in [2.75, 3.05) is 0 Å². The molecule has 0 fully saturated rings. The summed E-state index contributed by atoms with van der Waals surface area (Å²) in [6, 6.07) is 14.2. The van der Waals surface area contributed by atoms with Crippen LogP contribution in [0.15, 0.2) is 48.5 Å². The zero-order valence-corrected chi connectivity index (χ0v) is 10.0. The maximum Gasteiger partial charge on any atom is 0.151 e. The lowest BCUT2D eigenvalue weighted by Gasteiger charge is -2.06. The third kappa shape index (κ3) is 1.73. The van der Waals surface area contributed by atoms with E-state index in [1.165, 1.54) is 6.07 Å². The Bertz CT molecular complexity index is 714. The molecule has 0 atom stereocenters. The number of benzene rings is 2. The van der Waals surface area contributed by atoms with Crippen LogP contribution in [0.25, 0.3) is 22.2 Å². The molecule has 2 nitrogen and oxygen atoms in total. The van der Waals surface area contributed by atoms with Gasteiger partial charge in [-0.3, -0.25) is 0 Å². The normalized spacial score (nSPS) is 10.8. The largest absolute Gasteiger partial charge is 0.205 e. The van der Waals surface area contributed by atoms with E-state index in [-0.39, 0.29) is 5.52 Å². The van der Waals surface area contributed by atoms with Crippen LogP contribution < -0.4 is 0 Å². The predicted molar refractivity (Wildman–Crippen MR) is 69.9 cm³/mol. The van der Waals surface area contributed by atoms with Gasteiger partial charge in [-0.15, -0.1) is 10.2 Å². The lowest BCUT2D eigenvalue weighted by atomic mass is 10.1. The number of rotatable bonds is 1. The van der Waals surface area contributed by atoms with Gasteiger partial charge in [0, 0.05) is 10.9 Å². The van der Waals surface area contributed by atoms with Gasteiger partial charge in [-0.25, -0.2) is 4.39 Å². The summed E-state index contributed by atoms with van der Waals surface area (Å²) in [6.07, 6.45) is 0. The van der Waals surface area contributed by atoms with Crippen molar-refractivity contribution in [2.24, 2.45) is 0 Å². The van der Waals surface area contributed by atoms with Crippen molar-refractivity contribution in [1.82, 2.24) is 10.2 Å². The first-order valence-corrected chi connectivity index (χ1v) is 5.81. The Hall–Kier alpha value is -2.00. The van der Waals surface area contributed by atoms with Crippen molar-refractivity contribution in [3.63, 3.8) is 0 Å². The number of aromatic nitrogens is 2. The zero-order valence-electron chi connectivity index (χ0n) is 9.27. The molecule has 1 heterocycles. The smallest absolute Gasteiger partial charge is 0.151 e. The van der Waals surface area contributed by atoms with Crippen LogP contribution in [0.4, 0.5) is 4.39 Å². The van der Waals surface area contributed by atoms with Crippen molar-refractivity contribution in [3.8, 4) is 11.3 Å². The summed E-state index contributed by atoms with van der Waals surface area (Å²) >= 11 is 6.28. The third-order valence-corrected chi connectivity index (χ3v) is 3.11. The van der Waals surface area contributed by atoms with E-state index >= 15 is 0 Å². The highest BCUT2D eigenvalue weighted by Crippen LogP contribution is 2.31. The van der Waals surface area contributed by atoms with Crippen LogP contribution in [0.5, 0.6) is 0 Å². The molecule has 2 aromatic carbocycles. The second-order valence-electron chi connectivity index (χ2n) is 3.86. The van der Waals surface area contributed by atoms with Crippen molar-refractivity contribution >= 4 is 22.5 Å². The standard InChI is InChI=1S/C14H8ClFN2/c15-12-10-7-4-8-11(16)14(10)18-17-13(12)9-5-2-1-3-6-9/h1-8H. The van der Waals surface area contributed by atoms with Gasteiger partial charge < -0.3 is 0 Å². The van der Waals surface area contributed by atoms with Gasteiger partial charge in [0.1, 0.15) is 11.2 Å². The molecule has 18 heavy (non-hydrogen) atoms. The Morgan fingerprint density at radius 1 is 0.889 bits per heavy atom. The quantitative estimate of drug-likeness (QED) is 0.657. The molecule has 0 N–H and O–H groups in total. The molecule has 4 heteroatoms. The van der Waals surface area contributed by atoms with Gasteiger partial charge in [0.15, 0.2) is 5.82 Å². The lowest BCUT2D eigenvalue weighted by Crippen LogP contribution is -1.93. The minimum absolute atomic E-state index is 0.196. The van der Waals surface area contributed by atoms with Gasteiger partial charge in [-0.1, -0.05) is 54.1 Å². The highest BCUT2D eigenvalue weighted by atomic mass is 35.5. The van der Waals surface area contributed by atoms with E-state index in [0.29, 0.717) is 16.1 Å². The summed E-state index contributed by atoms with van der Waals surface area (Å²) < 4.78 is 13.5. The molecule has 3 rings (SSSR count). The van der Waals surface area contributed by atoms with E-state index in [1.807, 2.05) is 30.3 Å². The van der Waals surface area contributed by atoms with Crippen LogP contribution >= 0.6 is 11.6 Å². The zero-order chi connectivity index (χ0) is 12.5. The molecular formula is C14H8ClFN2. The minimum atomic E-state index is -0.415. The van der Waals surface area contributed by atoms with Gasteiger partial charge in [0.05, 0.1) is 5.02 Å². The first-order chi connectivity index (χ1) is 8.77. The van der Waals surface area contributed by atoms with Crippen molar-refractivity contribution < 1.29 is 4.39 Å². The maximum atomic E-state index is 13.5. The third-order valence-electron chi connectivity index (χ3n) is 2.73. The Kier molecular flexibility index (Phi) is 2.68. The number of halogens is 2. The van der Waals surface area contributed by atoms with E-state index in [0.717, 1.165) is 5.56 Å². The second kappa shape index (κ2) is 4.35. The van der Waals surface area contributed by atoms with Crippen LogP contribution in [0.3, 0.4) is 0 Å². The summed E-state index contributed by atoms with van der Waals surface area (Å²) in [5, 5.41) is 8.92. The van der Waals surface area contributed by atoms with Crippen molar-refractivity contribution in [1.29, 1.82) is 0 Å². The van der Waals surface area contributed by atoms with Crippen molar-refractivity contribution in [3.05, 3.63) is 59.4 Å². The maximum absolute atomic E-state index is 13.5. The monoisotopic (exact) mass is 258 g/mol. The molecule has 0 aliphatic rings. The predicted octanol–water partition coefficient (Wildman–Crippen LogP) is 4.09. The van der Waals surface area contributed by atoms with E-state index in [9.17, 15) is 4.39 Å². The summed E-state index contributed by atoms with van der Waals surface area (Å²) in [5.41, 5.74) is 1.62. The topological polar surface area (TPSA) is 25.8 Å². The Morgan fingerprint density at radius 3 is 2.44 bits per heavy atom. The highest BCUT2D eigenvalue weighted by molar-refractivity contribution is 6.37. The van der Waals surface area contributed by atoms with E-state index in [4.69, 9.17) is 11.6 Å². The number of hydrogen-bond donors (Lipinski definition) is 0. The molecule has 0 radical (unpaired) electrons. The average molecular weight is 259 g/mol. The molecule has 0 unspecified atom stereocenters. The summed E-state index contributed by atoms with van der Waals surface area (Å²) in [4.78, 5) is 0. The van der Waals surface area contributed by atoms with E-state index < -0.39 is 5.82 Å². The van der Waals surface area contributed by atoms with Crippen LogP contribution in [-0.2, 0) is 0 Å². The molecule has 0 spiro atoms. The number of hydrogen-bond acceptors (Lipinski definition) is 2. The first kappa shape index (κ1) is 11.1. The molecule has 0 saturated heterocycles. The molecule has 0 saturated carbocycles. The van der Waals surface area contributed by atoms with Crippen molar-refractivity contribution in [2.45, 2.75) is 0 Å². The Balaban J connectivity index is 2.31. The fourth-order valence-corrected chi connectivity index (χ4v) is 2.15. The van der Waals surface area contributed by atoms with E-state index in [2.05, 4.69) is 10.2 Å². The van der Waals surface area contributed by atoms with Gasteiger partial charge in [0.25, 0.3) is 0 Å². The number of fused-ring (bicyclic) bond motifs is 1. The SMILES string of the molecule is Fc1cccc2c(Cl)c(-c3ccccc3)nnc12. The van der Waals surface area contributed by atoms with Crippen LogP contribution in [0, 0.1) is 5.82 Å². The van der Waals surface area contributed by atoms with Gasteiger partial charge in [-0.05, 0) is 6.07 Å². The summed E-state index contributed by atoms with van der Waals surface area (Å²) in [7, 11) is 0. The fourth-order valence-electron chi connectivity index (χ4n) is 1.85. The molecule has 0 aliphatic heterocycles. The molecular weight excluding hydrogens is 251 g/mol. The number of nitrogens with zero attached hydrogens (tertiary/aromatic N) is 2. The molecule has 1 aromatic heterocycles. The first-order valence-electron chi connectivity index (χ1n) is 5.43. The molecule has 0 aliphatic carbocycles. The van der Waals surface area contributed by atoms with Crippen LogP contribution in [-0.4, -0.2) is 10.2 Å². The molecule has 88 valence electrons. The lowest BCUT2D eigenvalue weighted by molar-refractivity contribution is 0.635. The Labute approximate surface area is 108 Å². The van der Waals surface area contributed by atoms with Crippen LogP contribution in [0.1, 0.15) is 0 Å². The molecule has 3 aromatic rings. The second-order valence-corrected chi connectivity index (χ2v) is 4.24. The summed E-state index contributed by atoms with van der Waals surface area (Å²) in [6.45, 7) is 0. The fraction of sp³-hybridized carbons (Fsp3) is 0. The van der Waals surface area contributed by atoms with Crippen LogP contribution in [0.2, 0.25) is 5.02 Å². The Morgan fingerprint density at radius 2 is 1.67 bits per heavy atom.